The highest BCUT2D eigenvalue weighted by molar-refractivity contribution is 6.07. The number of benzene rings is 3. The van der Waals surface area contributed by atoms with Crippen LogP contribution in [0.5, 0.6) is 0 Å². The van der Waals surface area contributed by atoms with Crippen LogP contribution in [0.25, 0.3) is 22.6 Å². The highest BCUT2D eigenvalue weighted by Crippen LogP contribution is 2.35. The predicted octanol–water partition coefficient (Wildman–Crippen LogP) is 4.34. The summed E-state index contributed by atoms with van der Waals surface area (Å²) in [6.07, 6.45) is 0.771. The van der Waals surface area contributed by atoms with Gasteiger partial charge in [-0.1, -0.05) is 12.1 Å². The van der Waals surface area contributed by atoms with Crippen molar-refractivity contribution in [1.82, 2.24) is 4.98 Å². The maximum atomic E-state index is 5.96. The highest BCUT2D eigenvalue weighted by Gasteiger charge is 2.19. The van der Waals surface area contributed by atoms with Gasteiger partial charge in [-0.3, -0.25) is 4.99 Å². The second kappa shape index (κ2) is 5.46. The SMILES string of the molecule is Nc1ccc(C2=Nc3cc4nc(-c5ccc(N)cc5)oc4cc3C2)cc1. The van der Waals surface area contributed by atoms with E-state index in [2.05, 4.69) is 4.98 Å². The van der Waals surface area contributed by atoms with Crippen molar-refractivity contribution in [3.05, 3.63) is 71.8 Å². The van der Waals surface area contributed by atoms with Crippen molar-refractivity contribution in [3.63, 3.8) is 0 Å². The van der Waals surface area contributed by atoms with Gasteiger partial charge in [0.1, 0.15) is 5.52 Å². The van der Waals surface area contributed by atoms with Gasteiger partial charge in [0, 0.05) is 23.4 Å². The van der Waals surface area contributed by atoms with E-state index < -0.39 is 0 Å². The molecule has 4 N–H and O–H groups in total. The molecule has 1 aliphatic rings. The van der Waals surface area contributed by atoms with Gasteiger partial charge in [0.2, 0.25) is 5.89 Å². The Morgan fingerprint density at radius 3 is 2.15 bits per heavy atom. The molecule has 126 valence electrons. The van der Waals surface area contributed by atoms with Gasteiger partial charge in [-0.05, 0) is 59.7 Å². The summed E-state index contributed by atoms with van der Waals surface area (Å²) in [6, 6.07) is 19.3. The number of hydrogen-bond acceptors (Lipinski definition) is 5. The zero-order chi connectivity index (χ0) is 17.7. The number of aromatic nitrogens is 1. The van der Waals surface area contributed by atoms with E-state index in [4.69, 9.17) is 20.9 Å². The van der Waals surface area contributed by atoms with Gasteiger partial charge >= 0.3 is 0 Å². The Labute approximate surface area is 150 Å². The van der Waals surface area contributed by atoms with Gasteiger partial charge in [0.25, 0.3) is 0 Å². The molecule has 0 saturated carbocycles. The minimum Gasteiger partial charge on any atom is -0.436 e. The maximum absolute atomic E-state index is 5.96. The van der Waals surface area contributed by atoms with Crippen molar-refractivity contribution < 1.29 is 4.42 Å². The summed E-state index contributed by atoms with van der Waals surface area (Å²) in [5, 5.41) is 0. The molecule has 0 saturated heterocycles. The van der Waals surface area contributed by atoms with Crippen LogP contribution in [0.15, 0.2) is 70.1 Å². The lowest BCUT2D eigenvalue weighted by molar-refractivity contribution is 0.619. The van der Waals surface area contributed by atoms with Crippen LogP contribution in [0.2, 0.25) is 0 Å². The molecule has 0 aliphatic carbocycles. The zero-order valence-corrected chi connectivity index (χ0v) is 13.9. The lowest BCUT2D eigenvalue weighted by Crippen LogP contribution is -2.00. The first-order valence-electron chi connectivity index (χ1n) is 8.38. The van der Waals surface area contributed by atoms with E-state index in [9.17, 15) is 0 Å². The lowest BCUT2D eigenvalue weighted by atomic mass is 10.0. The average molecular weight is 340 g/mol. The van der Waals surface area contributed by atoms with E-state index in [1.807, 2.05) is 60.7 Å². The largest absolute Gasteiger partial charge is 0.436 e. The number of aliphatic imine (C=N–C) groups is 1. The van der Waals surface area contributed by atoms with Gasteiger partial charge in [0.15, 0.2) is 5.58 Å². The third-order valence-corrected chi connectivity index (χ3v) is 4.60. The van der Waals surface area contributed by atoms with Crippen LogP contribution in [-0.2, 0) is 6.42 Å². The molecule has 5 rings (SSSR count). The fourth-order valence-corrected chi connectivity index (χ4v) is 3.21. The number of nitrogens with zero attached hydrogens (tertiary/aromatic N) is 2. The maximum Gasteiger partial charge on any atom is 0.227 e. The summed E-state index contributed by atoms with van der Waals surface area (Å²) < 4.78 is 5.96. The molecule has 1 aromatic heterocycles. The van der Waals surface area contributed by atoms with Crippen molar-refractivity contribution in [1.29, 1.82) is 0 Å². The second-order valence-corrected chi connectivity index (χ2v) is 6.45. The van der Waals surface area contributed by atoms with E-state index in [0.717, 1.165) is 51.3 Å². The number of oxazole rings is 1. The Hall–Kier alpha value is -3.60. The van der Waals surface area contributed by atoms with Crippen molar-refractivity contribution in [2.24, 2.45) is 4.99 Å². The van der Waals surface area contributed by atoms with E-state index in [1.165, 1.54) is 0 Å². The number of nitrogens with two attached hydrogens (primary N) is 2. The molecule has 0 fully saturated rings. The topological polar surface area (TPSA) is 90.4 Å². The lowest BCUT2D eigenvalue weighted by Gasteiger charge is -2.00. The molecule has 26 heavy (non-hydrogen) atoms. The predicted molar refractivity (Wildman–Crippen MR) is 105 cm³/mol. The molecule has 3 aromatic carbocycles. The molecule has 0 bridgehead atoms. The normalized spacial score (nSPS) is 13.0. The fourth-order valence-electron chi connectivity index (χ4n) is 3.21. The summed E-state index contributed by atoms with van der Waals surface area (Å²) in [5.74, 6) is 0.589. The van der Waals surface area contributed by atoms with Crippen LogP contribution in [0.3, 0.4) is 0 Å². The van der Waals surface area contributed by atoms with Gasteiger partial charge in [-0.15, -0.1) is 0 Å². The number of rotatable bonds is 2. The molecule has 0 unspecified atom stereocenters. The monoisotopic (exact) mass is 340 g/mol. The molecule has 5 heteroatoms. The standard InChI is InChI=1S/C21H16N4O/c22-15-5-1-12(2-6-15)17-9-14-10-20-19(11-18(14)24-17)25-21(26-20)13-3-7-16(23)8-4-13/h1-8,10-11H,9,22-23H2. The van der Waals surface area contributed by atoms with Gasteiger partial charge < -0.3 is 15.9 Å². The molecule has 4 aromatic rings. The van der Waals surface area contributed by atoms with Crippen LogP contribution >= 0.6 is 0 Å². The Morgan fingerprint density at radius 2 is 1.46 bits per heavy atom. The second-order valence-electron chi connectivity index (χ2n) is 6.45. The van der Waals surface area contributed by atoms with E-state index in [0.29, 0.717) is 11.6 Å². The quantitative estimate of drug-likeness (QED) is 0.531. The van der Waals surface area contributed by atoms with E-state index >= 15 is 0 Å². The van der Waals surface area contributed by atoms with Crippen molar-refractivity contribution in [3.8, 4) is 11.5 Å². The van der Waals surface area contributed by atoms with E-state index in [1.54, 1.807) is 0 Å². The van der Waals surface area contributed by atoms with Crippen molar-refractivity contribution in [2.75, 3.05) is 11.5 Å². The number of nitrogen functional groups attached to an aromatic ring is 2. The van der Waals surface area contributed by atoms with Crippen LogP contribution in [-0.4, -0.2) is 10.7 Å². The number of hydrogen-bond donors (Lipinski definition) is 2. The average Bonchev–Trinajstić information content (AvgIpc) is 3.23. The molecule has 0 radical (unpaired) electrons. The Bertz CT molecular complexity index is 1160. The molecule has 5 nitrogen and oxygen atoms in total. The highest BCUT2D eigenvalue weighted by atomic mass is 16.3. The first-order valence-corrected chi connectivity index (χ1v) is 8.38. The van der Waals surface area contributed by atoms with Crippen LogP contribution in [0, 0.1) is 0 Å². The Morgan fingerprint density at radius 1 is 0.808 bits per heavy atom. The third kappa shape index (κ3) is 2.41. The molecule has 0 spiro atoms. The number of anilines is 2. The van der Waals surface area contributed by atoms with E-state index in [-0.39, 0.29) is 0 Å². The third-order valence-electron chi connectivity index (χ3n) is 4.60. The van der Waals surface area contributed by atoms with Crippen LogP contribution in [0.1, 0.15) is 11.1 Å². The van der Waals surface area contributed by atoms with Gasteiger partial charge in [0.05, 0.1) is 11.4 Å². The van der Waals surface area contributed by atoms with Crippen LogP contribution in [0.4, 0.5) is 17.1 Å². The molecule has 0 amide bonds. The van der Waals surface area contributed by atoms with Crippen molar-refractivity contribution in [2.45, 2.75) is 6.42 Å². The van der Waals surface area contributed by atoms with Gasteiger partial charge in [-0.2, -0.15) is 0 Å². The first-order chi connectivity index (χ1) is 12.7. The summed E-state index contributed by atoms with van der Waals surface area (Å²) >= 11 is 0. The molecule has 0 atom stereocenters. The first kappa shape index (κ1) is 14.7. The molecule has 1 aliphatic heterocycles. The minimum atomic E-state index is 0.589. The Balaban J connectivity index is 1.53. The fraction of sp³-hybridized carbons (Fsp3) is 0.0476. The molecular formula is C21H16N4O. The number of fused-ring (bicyclic) bond motifs is 2. The molecular weight excluding hydrogens is 324 g/mol. The smallest absolute Gasteiger partial charge is 0.227 e. The van der Waals surface area contributed by atoms with Crippen molar-refractivity contribution >= 4 is 33.9 Å². The van der Waals surface area contributed by atoms with Crippen LogP contribution < -0.4 is 11.5 Å². The summed E-state index contributed by atoms with van der Waals surface area (Å²) in [6.45, 7) is 0. The minimum absolute atomic E-state index is 0.589. The Kier molecular flexibility index (Phi) is 3.09. The summed E-state index contributed by atoms with van der Waals surface area (Å²) in [7, 11) is 0. The summed E-state index contributed by atoms with van der Waals surface area (Å²) in [4.78, 5) is 9.38. The summed E-state index contributed by atoms with van der Waals surface area (Å²) in [5.41, 5.74) is 19.7. The molecule has 2 heterocycles. The van der Waals surface area contributed by atoms with Gasteiger partial charge in [-0.25, -0.2) is 4.98 Å². The zero-order valence-electron chi connectivity index (χ0n) is 13.9.